The second-order valence-corrected chi connectivity index (χ2v) is 8.96. The lowest BCUT2D eigenvalue weighted by molar-refractivity contribution is 0.454. The van der Waals surface area contributed by atoms with E-state index < -0.39 is 20.0 Å². The van der Waals surface area contributed by atoms with Crippen LogP contribution in [-0.2, 0) is 20.0 Å². The fourth-order valence-electron chi connectivity index (χ4n) is 2.72. The Morgan fingerprint density at radius 1 is 1.22 bits per heavy atom. The largest absolute Gasteiger partial charge is 0.317 e. The standard InChI is InChI=1S/C14H23N3O4S2/c1-2-7-17-23(20,21)12-3-4-14(22(15,18)19)13(10-12)11-5-8-16-9-6-11/h3-4,10-11,16-17H,2,5-9H2,1H3,(H2,15,18,19). The molecule has 0 aliphatic carbocycles. The van der Waals surface area contributed by atoms with Gasteiger partial charge in [0.25, 0.3) is 0 Å². The molecular weight excluding hydrogens is 338 g/mol. The molecule has 0 amide bonds. The number of rotatable bonds is 6. The van der Waals surface area contributed by atoms with Gasteiger partial charge in [0.05, 0.1) is 9.79 Å². The summed E-state index contributed by atoms with van der Waals surface area (Å²) in [7, 11) is -7.54. The van der Waals surface area contributed by atoms with Crippen molar-refractivity contribution in [3.05, 3.63) is 23.8 Å². The minimum atomic E-state index is -3.90. The fourth-order valence-corrected chi connectivity index (χ4v) is 4.71. The molecule has 4 N–H and O–H groups in total. The van der Waals surface area contributed by atoms with Crippen LogP contribution in [0, 0.1) is 0 Å². The van der Waals surface area contributed by atoms with Gasteiger partial charge in [0.1, 0.15) is 0 Å². The van der Waals surface area contributed by atoms with Crippen molar-refractivity contribution in [1.82, 2.24) is 10.0 Å². The molecule has 0 saturated carbocycles. The first kappa shape index (κ1) is 18.3. The second kappa shape index (κ2) is 7.27. The van der Waals surface area contributed by atoms with Crippen LogP contribution in [0.1, 0.15) is 37.7 Å². The van der Waals surface area contributed by atoms with E-state index in [1.807, 2.05) is 6.92 Å². The number of piperidine rings is 1. The van der Waals surface area contributed by atoms with E-state index in [1.54, 1.807) is 0 Å². The van der Waals surface area contributed by atoms with Crippen molar-refractivity contribution in [3.63, 3.8) is 0 Å². The predicted molar refractivity (Wildman–Crippen MR) is 88.1 cm³/mol. The summed E-state index contributed by atoms with van der Waals surface area (Å²) in [5.74, 6) is -0.0223. The maximum absolute atomic E-state index is 12.3. The summed E-state index contributed by atoms with van der Waals surface area (Å²) in [5.41, 5.74) is 0.494. The van der Waals surface area contributed by atoms with Crippen molar-refractivity contribution in [2.75, 3.05) is 19.6 Å². The topological polar surface area (TPSA) is 118 Å². The van der Waals surface area contributed by atoms with Gasteiger partial charge < -0.3 is 5.32 Å². The second-order valence-electron chi connectivity index (χ2n) is 5.67. The normalized spacial score (nSPS) is 17.3. The molecule has 9 heteroatoms. The zero-order valence-corrected chi connectivity index (χ0v) is 14.7. The third-order valence-corrected chi connectivity index (χ3v) is 6.36. The van der Waals surface area contributed by atoms with Crippen LogP contribution in [0.15, 0.2) is 28.0 Å². The highest BCUT2D eigenvalue weighted by Crippen LogP contribution is 2.32. The quantitative estimate of drug-likeness (QED) is 0.681. The van der Waals surface area contributed by atoms with Crippen molar-refractivity contribution in [1.29, 1.82) is 0 Å². The highest BCUT2D eigenvalue weighted by atomic mass is 32.2. The summed E-state index contributed by atoms with van der Waals surface area (Å²) in [4.78, 5) is 0.0886. The van der Waals surface area contributed by atoms with Crippen molar-refractivity contribution in [2.24, 2.45) is 5.14 Å². The molecule has 130 valence electrons. The van der Waals surface area contributed by atoms with E-state index in [4.69, 9.17) is 5.14 Å². The average Bonchev–Trinajstić information content (AvgIpc) is 2.52. The van der Waals surface area contributed by atoms with Crippen LogP contribution >= 0.6 is 0 Å². The third kappa shape index (κ3) is 4.51. The highest BCUT2D eigenvalue weighted by molar-refractivity contribution is 7.89. The van der Waals surface area contributed by atoms with Gasteiger partial charge in [0.15, 0.2) is 0 Å². The molecule has 0 atom stereocenters. The number of hydrogen-bond acceptors (Lipinski definition) is 5. The van der Waals surface area contributed by atoms with E-state index in [0.29, 0.717) is 18.5 Å². The monoisotopic (exact) mass is 361 g/mol. The van der Waals surface area contributed by atoms with Gasteiger partial charge in [-0.25, -0.2) is 26.7 Å². The summed E-state index contributed by atoms with van der Waals surface area (Å²) in [5, 5.41) is 8.50. The van der Waals surface area contributed by atoms with Crippen molar-refractivity contribution >= 4 is 20.0 Å². The van der Waals surface area contributed by atoms with Crippen LogP contribution in [0.3, 0.4) is 0 Å². The lowest BCUT2D eigenvalue weighted by atomic mass is 9.90. The van der Waals surface area contributed by atoms with Gasteiger partial charge in [-0.15, -0.1) is 0 Å². The van der Waals surface area contributed by atoms with Gasteiger partial charge >= 0.3 is 0 Å². The molecule has 0 radical (unpaired) electrons. The maximum Gasteiger partial charge on any atom is 0.240 e. The minimum Gasteiger partial charge on any atom is -0.317 e. The van der Waals surface area contributed by atoms with E-state index in [0.717, 1.165) is 25.9 Å². The van der Waals surface area contributed by atoms with E-state index in [2.05, 4.69) is 10.0 Å². The smallest absolute Gasteiger partial charge is 0.240 e. The van der Waals surface area contributed by atoms with Crippen LogP contribution in [0.25, 0.3) is 0 Å². The Kier molecular flexibility index (Phi) is 5.79. The Labute approximate surface area is 137 Å². The molecule has 0 unspecified atom stereocenters. The first-order valence-electron chi connectivity index (χ1n) is 7.63. The van der Waals surface area contributed by atoms with Gasteiger partial charge in [-0.3, -0.25) is 0 Å². The van der Waals surface area contributed by atoms with Crippen LogP contribution in [-0.4, -0.2) is 36.5 Å². The van der Waals surface area contributed by atoms with Crippen LogP contribution < -0.4 is 15.2 Å². The Balaban J connectivity index is 2.49. The number of hydrogen-bond donors (Lipinski definition) is 3. The summed E-state index contributed by atoms with van der Waals surface area (Å²) >= 11 is 0. The number of benzene rings is 1. The highest BCUT2D eigenvalue weighted by Gasteiger charge is 2.25. The number of nitrogens with one attached hydrogen (secondary N) is 2. The molecule has 1 aliphatic rings. The molecule has 0 spiro atoms. The predicted octanol–water partition coefficient (Wildman–Crippen LogP) is 0.489. The number of sulfonamides is 2. The van der Waals surface area contributed by atoms with E-state index in [1.165, 1.54) is 18.2 Å². The van der Waals surface area contributed by atoms with Crippen LogP contribution in [0.2, 0.25) is 0 Å². The molecule has 1 aliphatic heterocycles. The van der Waals surface area contributed by atoms with Crippen molar-refractivity contribution < 1.29 is 16.8 Å². The Hall–Kier alpha value is -1.00. The van der Waals surface area contributed by atoms with Gasteiger partial charge in [0, 0.05) is 6.54 Å². The van der Waals surface area contributed by atoms with Gasteiger partial charge in [-0.05, 0) is 62.0 Å². The summed E-state index contributed by atoms with van der Waals surface area (Å²) < 4.78 is 50.7. The van der Waals surface area contributed by atoms with Crippen molar-refractivity contribution in [2.45, 2.75) is 41.9 Å². The Morgan fingerprint density at radius 3 is 2.43 bits per heavy atom. The van der Waals surface area contributed by atoms with E-state index in [9.17, 15) is 16.8 Å². The molecular formula is C14H23N3O4S2. The first-order valence-corrected chi connectivity index (χ1v) is 10.7. The zero-order chi connectivity index (χ0) is 17.1. The molecule has 7 nitrogen and oxygen atoms in total. The van der Waals surface area contributed by atoms with Crippen LogP contribution in [0.4, 0.5) is 0 Å². The Morgan fingerprint density at radius 2 is 1.87 bits per heavy atom. The van der Waals surface area contributed by atoms with E-state index in [-0.39, 0.29) is 15.7 Å². The van der Waals surface area contributed by atoms with Gasteiger partial charge in [-0.1, -0.05) is 6.92 Å². The lowest BCUT2D eigenvalue weighted by Crippen LogP contribution is -2.29. The van der Waals surface area contributed by atoms with E-state index >= 15 is 0 Å². The van der Waals surface area contributed by atoms with Crippen molar-refractivity contribution in [3.8, 4) is 0 Å². The molecule has 1 aromatic rings. The average molecular weight is 361 g/mol. The Bertz CT molecular complexity index is 754. The first-order chi connectivity index (χ1) is 10.8. The molecule has 0 aromatic heterocycles. The summed E-state index contributed by atoms with van der Waals surface area (Å²) in [6, 6.07) is 4.04. The fraction of sp³-hybridized carbons (Fsp3) is 0.571. The summed E-state index contributed by atoms with van der Waals surface area (Å²) in [6.07, 6.45) is 2.17. The lowest BCUT2D eigenvalue weighted by Gasteiger charge is -2.25. The summed E-state index contributed by atoms with van der Waals surface area (Å²) in [6.45, 7) is 3.73. The zero-order valence-electron chi connectivity index (χ0n) is 13.1. The van der Waals surface area contributed by atoms with Gasteiger partial charge in [0.2, 0.25) is 20.0 Å². The number of nitrogens with two attached hydrogens (primary N) is 1. The minimum absolute atomic E-state index is 0.0128. The molecule has 2 rings (SSSR count). The molecule has 23 heavy (non-hydrogen) atoms. The maximum atomic E-state index is 12.3. The van der Waals surface area contributed by atoms with Crippen LogP contribution in [0.5, 0.6) is 0 Å². The molecule has 1 aromatic carbocycles. The molecule has 1 heterocycles. The van der Waals surface area contributed by atoms with Gasteiger partial charge in [-0.2, -0.15) is 0 Å². The molecule has 1 fully saturated rings. The molecule has 1 saturated heterocycles. The number of primary sulfonamides is 1. The SMILES string of the molecule is CCCNS(=O)(=O)c1ccc(S(N)(=O)=O)c(C2CCNCC2)c1. The molecule has 0 bridgehead atoms. The third-order valence-electron chi connectivity index (χ3n) is 3.92.